The zero-order valence-electron chi connectivity index (χ0n) is 7.70. The molecule has 2 fully saturated rings. The number of likely N-dealkylation sites (tertiary alicyclic amines) is 1. The SMILES string of the molecule is CN1CC(CN)C2CCSCC21. The van der Waals surface area contributed by atoms with Crippen molar-refractivity contribution in [3.63, 3.8) is 0 Å². The number of thioether (sulfide) groups is 1. The van der Waals surface area contributed by atoms with Crippen LogP contribution in [0, 0.1) is 11.8 Å². The quantitative estimate of drug-likeness (QED) is 0.651. The van der Waals surface area contributed by atoms with E-state index in [-0.39, 0.29) is 0 Å². The van der Waals surface area contributed by atoms with E-state index in [9.17, 15) is 0 Å². The van der Waals surface area contributed by atoms with Gasteiger partial charge in [0.05, 0.1) is 0 Å². The maximum Gasteiger partial charge on any atom is 0.0215 e. The van der Waals surface area contributed by atoms with Crippen LogP contribution in [0.25, 0.3) is 0 Å². The lowest BCUT2D eigenvalue weighted by Crippen LogP contribution is -2.35. The summed E-state index contributed by atoms with van der Waals surface area (Å²) in [6.45, 7) is 2.11. The van der Waals surface area contributed by atoms with Gasteiger partial charge in [-0.1, -0.05) is 0 Å². The second-order valence-corrected chi connectivity index (χ2v) is 5.18. The highest BCUT2D eigenvalue weighted by atomic mass is 32.2. The molecule has 3 atom stereocenters. The van der Waals surface area contributed by atoms with Gasteiger partial charge in [0.2, 0.25) is 0 Å². The Balaban J connectivity index is 2.05. The summed E-state index contributed by atoms with van der Waals surface area (Å²) in [4.78, 5) is 2.51. The molecule has 2 aliphatic rings. The van der Waals surface area contributed by atoms with Gasteiger partial charge in [0.15, 0.2) is 0 Å². The van der Waals surface area contributed by atoms with Crippen LogP contribution < -0.4 is 5.73 Å². The van der Waals surface area contributed by atoms with Crippen molar-refractivity contribution in [2.24, 2.45) is 17.6 Å². The fourth-order valence-electron chi connectivity index (χ4n) is 2.63. The van der Waals surface area contributed by atoms with Crippen molar-refractivity contribution in [2.75, 3.05) is 31.6 Å². The highest BCUT2D eigenvalue weighted by molar-refractivity contribution is 7.99. The molecule has 12 heavy (non-hydrogen) atoms. The Morgan fingerprint density at radius 2 is 2.42 bits per heavy atom. The predicted molar refractivity (Wildman–Crippen MR) is 54.4 cm³/mol. The molecule has 2 heterocycles. The van der Waals surface area contributed by atoms with Crippen molar-refractivity contribution in [3.05, 3.63) is 0 Å². The van der Waals surface area contributed by atoms with E-state index in [1.165, 1.54) is 24.5 Å². The molecular weight excluding hydrogens is 168 g/mol. The molecule has 0 saturated carbocycles. The molecule has 3 unspecified atom stereocenters. The number of fused-ring (bicyclic) bond motifs is 1. The molecular formula is C9H18N2S. The predicted octanol–water partition coefficient (Wildman–Crippen LogP) is 0.628. The molecule has 0 aromatic rings. The van der Waals surface area contributed by atoms with Gasteiger partial charge in [0.1, 0.15) is 0 Å². The summed E-state index contributed by atoms with van der Waals surface area (Å²) in [5.41, 5.74) is 5.77. The van der Waals surface area contributed by atoms with Crippen molar-refractivity contribution in [3.8, 4) is 0 Å². The molecule has 0 aliphatic carbocycles. The summed E-state index contributed by atoms with van der Waals surface area (Å²) in [7, 11) is 2.25. The number of hydrogen-bond donors (Lipinski definition) is 1. The van der Waals surface area contributed by atoms with Crippen LogP contribution in [0.4, 0.5) is 0 Å². The van der Waals surface area contributed by atoms with Gasteiger partial charge in [-0.25, -0.2) is 0 Å². The molecule has 0 bridgehead atoms. The fraction of sp³-hybridized carbons (Fsp3) is 1.00. The largest absolute Gasteiger partial charge is 0.330 e. The van der Waals surface area contributed by atoms with E-state index < -0.39 is 0 Å². The van der Waals surface area contributed by atoms with E-state index in [4.69, 9.17) is 5.73 Å². The van der Waals surface area contributed by atoms with Crippen molar-refractivity contribution in [1.82, 2.24) is 4.90 Å². The normalized spacial score (nSPS) is 43.0. The summed E-state index contributed by atoms with van der Waals surface area (Å²) in [6, 6.07) is 0.831. The summed E-state index contributed by atoms with van der Waals surface area (Å²) in [5, 5.41) is 0. The lowest BCUT2D eigenvalue weighted by molar-refractivity contribution is 0.286. The number of nitrogens with zero attached hydrogens (tertiary/aromatic N) is 1. The van der Waals surface area contributed by atoms with E-state index >= 15 is 0 Å². The topological polar surface area (TPSA) is 29.3 Å². The minimum Gasteiger partial charge on any atom is -0.330 e. The molecule has 0 aromatic heterocycles. The number of rotatable bonds is 1. The lowest BCUT2D eigenvalue weighted by Gasteiger charge is -2.30. The molecule has 3 heteroatoms. The summed E-state index contributed by atoms with van der Waals surface area (Å²) < 4.78 is 0. The summed E-state index contributed by atoms with van der Waals surface area (Å²) in [6.07, 6.45) is 1.39. The van der Waals surface area contributed by atoms with Crippen LogP contribution in [-0.4, -0.2) is 42.6 Å². The van der Waals surface area contributed by atoms with Crippen molar-refractivity contribution < 1.29 is 0 Å². The van der Waals surface area contributed by atoms with E-state index in [1.807, 2.05) is 0 Å². The Kier molecular flexibility index (Phi) is 2.63. The Morgan fingerprint density at radius 1 is 1.58 bits per heavy atom. The van der Waals surface area contributed by atoms with E-state index in [1.54, 1.807) is 0 Å². The maximum atomic E-state index is 5.77. The highest BCUT2D eigenvalue weighted by Crippen LogP contribution is 2.37. The lowest BCUT2D eigenvalue weighted by atomic mass is 9.89. The van der Waals surface area contributed by atoms with Crippen LogP contribution >= 0.6 is 11.8 Å². The van der Waals surface area contributed by atoms with Gasteiger partial charge < -0.3 is 10.6 Å². The second kappa shape index (κ2) is 3.56. The molecule has 2 saturated heterocycles. The van der Waals surface area contributed by atoms with Crippen LogP contribution in [0.3, 0.4) is 0 Å². The van der Waals surface area contributed by atoms with Gasteiger partial charge in [0, 0.05) is 18.3 Å². The van der Waals surface area contributed by atoms with Gasteiger partial charge >= 0.3 is 0 Å². The minimum atomic E-state index is 0.779. The van der Waals surface area contributed by atoms with Crippen LogP contribution in [0.2, 0.25) is 0 Å². The first-order valence-electron chi connectivity index (χ1n) is 4.81. The zero-order valence-corrected chi connectivity index (χ0v) is 8.52. The fourth-order valence-corrected chi connectivity index (χ4v) is 3.98. The Bertz CT molecular complexity index is 163. The van der Waals surface area contributed by atoms with Crippen molar-refractivity contribution in [1.29, 1.82) is 0 Å². The first kappa shape index (κ1) is 8.85. The Morgan fingerprint density at radius 3 is 3.17 bits per heavy atom. The third-order valence-electron chi connectivity index (χ3n) is 3.38. The first-order chi connectivity index (χ1) is 5.83. The van der Waals surface area contributed by atoms with Crippen molar-refractivity contribution in [2.45, 2.75) is 12.5 Å². The number of hydrogen-bond acceptors (Lipinski definition) is 3. The second-order valence-electron chi connectivity index (χ2n) is 4.03. The van der Waals surface area contributed by atoms with Crippen molar-refractivity contribution >= 4 is 11.8 Å². The molecule has 0 radical (unpaired) electrons. The average molecular weight is 186 g/mol. The van der Waals surface area contributed by atoms with Gasteiger partial charge in [-0.15, -0.1) is 0 Å². The van der Waals surface area contributed by atoms with E-state index in [0.717, 1.165) is 24.4 Å². The first-order valence-corrected chi connectivity index (χ1v) is 5.96. The third kappa shape index (κ3) is 1.38. The molecule has 0 amide bonds. The van der Waals surface area contributed by atoms with Crippen LogP contribution in [0.15, 0.2) is 0 Å². The van der Waals surface area contributed by atoms with E-state index in [2.05, 4.69) is 23.7 Å². The molecule has 2 rings (SSSR count). The van der Waals surface area contributed by atoms with Gasteiger partial charge in [-0.2, -0.15) is 11.8 Å². The third-order valence-corrected chi connectivity index (χ3v) is 4.48. The zero-order chi connectivity index (χ0) is 8.55. The molecule has 2 aliphatic heterocycles. The summed E-state index contributed by atoms with van der Waals surface area (Å²) >= 11 is 2.11. The summed E-state index contributed by atoms with van der Waals surface area (Å²) in [5.74, 6) is 4.37. The Hall–Kier alpha value is 0.270. The highest BCUT2D eigenvalue weighted by Gasteiger charge is 2.40. The van der Waals surface area contributed by atoms with Gasteiger partial charge in [-0.3, -0.25) is 0 Å². The standard InChI is InChI=1S/C9H18N2S/c1-11-5-7(4-10)8-2-3-12-6-9(8)11/h7-9H,2-6,10H2,1H3. The minimum absolute atomic E-state index is 0.779. The molecule has 70 valence electrons. The maximum absolute atomic E-state index is 5.77. The molecule has 0 spiro atoms. The van der Waals surface area contributed by atoms with Crippen LogP contribution in [-0.2, 0) is 0 Å². The number of nitrogens with two attached hydrogens (primary N) is 1. The molecule has 2 N–H and O–H groups in total. The van der Waals surface area contributed by atoms with Crippen LogP contribution in [0.1, 0.15) is 6.42 Å². The smallest absolute Gasteiger partial charge is 0.0215 e. The molecule has 0 aromatic carbocycles. The van der Waals surface area contributed by atoms with E-state index in [0.29, 0.717) is 0 Å². The van der Waals surface area contributed by atoms with Gasteiger partial charge in [-0.05, 0) is 37.6 Å². The Labute approximate surface area is 78.9 Å². The molecule has 2 nitrogen and oxygen atoms in total. The van der Waals surface area contributed by atoms with Crippen LogP contribution in [0.5, 0.6) is 0 Å². The average Bonchev–Trinajstić information content (AvgIpc) is 2.44. The monoisotopic (exact) mass is 186 g/mol. The van der Waals surface area contributed by atoms with Gasteiger partial charge in [0.25, 0.3) is 0 Å².